The van der Waals surface area contributed by atoms with E-state index in [1.165, 1.54) is 0 Å². The summed E-state index contributed by atoms with van der Waals surface area (Å²) in [7, 11) is 1.57. The Morgan fingerprint density at radius 2 is 1.83 bits per heavy atom. The third kappa shape index (κ3) is 3.54. The number of nitrogens with zero attached hydrogens (tertiary/aromatic N) is 4. The molecule has 0 unspecified atom stereocenters. The molecule has 2 heterocycles. The molecule has 23 heavy (non-hydrogen) atoms. The predicted molar refractivity (Wildman–Crippen MR) is 95.9 cm³/mol. The molecule has 7 heteroatoms. The molecule has 1 aromatic carbocycles. The first kappa shape index (κ1) is 16.0. The van der Waals surface area contributed by atoms with E-state index < -0.39 is 0 Å². The van der Waals surface area contributed by atoms with Crippen molar-refractivity contribution >= 4 is 34.3 Å². The Bertz CT molecular complexity index is 685. The molecule has 1 aliphatic heterocycles. The number of aromatic nitrogens is 2. The van der Waals surface area contributed by atoms with Crippen molar-refractivity contribution in [3.63, 3.8) is 0 Å². The van der Waals surface area contributed by atoms with E-state index in [1.54, 1.807) is 13.2 Å². The lowest BCUT2D eigenvalue weighted by Crippen LogP contribution is -2.49. The van der Waals surface area contributed by atoms with Crippen LogP contribution >= 0.6 is 22.6 Å². The summed E-state index contributed by atoms with van der Waals surface area (Å²) in [6, 6.07) is 11.4. The fourth-order valence-electron chi connectivity index (χ4n) is 2.53. The summed E-state index contributed by atoms with van der Waals surface area (Å²) in [5.74, 6) is 1.41. The monoisotopic (exact) mass is 424 g/mol. The van der Waals surface area contributed by atoms with Crippen molar-refractivity contribution in [2.45, 2.75) is 0 Å². The molecule has 0 aliphatic carbocycles. The van der Waals surface area contributed by atoms with Crippen molar-refractivity contribution < 1.29 is 9.53 Å². The normalized spacial score (nSPS) is 14.7. The summed E-state index contributed by atoms with van der Waals surface area (Å²) in [5.41, 5.74) is 0.769. The van der Waals surface area contributed by atoms with E-state index in [1.807, 2.05) is 35.2 Å². The second-order valence-electron chi connectivity index (χ2n) is 5.19. The molecule has 0 atom stereocenters. The zero-order valence-corrected chi connectivity index (χ0v) is 14.9. The van der Waals surface area contributed by atoms with Gasteiger partial charge in [0.05, 0.1) is 12.7 Å². The topological polar surface area (TPSA) is 58.6 Å². The van der Waals surface area contributed by atoms with Gasteiger partial charge in [0, 0.05) is 35.8 Å². The first-order chi connectivity index (χ1) is 11.2. The number of anilines is 1. The van der Waals surface area contributed by atoms with Gasteiger partial charge in [0.25, 0.3) is 5.91 Å². The van der Waals surface area contributed by atoms with Crippen LogP contribution in [0.1, 0.15) is 10.4 Å². The average Bonchev–Trinajstić information content (AvgIpc) is 2.62. The molecule has 1 fully saturated rings. The van der Waals surface area contributed by atoms with Gasteiger partial charge in [0.1, 0.15) is 0 Å². The highest BCUT2D eigenvalue weighted by Gasteiger charge is 2.24. The van der Waals surface area contributed by atoms with Crippen molar-refractivity contribution in [3.05, 3.63) is 45.5 Å². The molecular formula is C16H17IN4O2. The number of ether oxygens (including phenoxy) is 1. The average molecular weight is 424 g/mol. The van der Waals surface area contributed by atoms with Crippen LogP contribution in [0.25, 0.3) is 0 Å². The van der Waals surface area contributed by atoms with Gasteiger partial charge in [0.15, 0.2) is 5.82 Å². The summed E-state index contributed by atoms with van der Waals surface area (Å²) < 4.78 is 6.00. The fourth-order valence-corrected chi connectivity index (χ4v) is 3.15. The standard InChI is InChI=1S/C16H17IN4O2/c1-23-15-7-6-14(18-19-15)20-8-10-21(11-9-20)16(22)12-4-2-3-5-13(12)17/h2-7H,8-11H2,1H3. The molecule has 1 aromatic heterocycles. The number of piperazine rings is 1. The van der Waals surface area contributed by atoms with Gasteiger partial charge in [-0.15, -0.1) is 10.2 Å². The number of rotatable bonds is 3. The lowest BCUT2D eigenvalue weighted by Gasteiger charge is -2.35. The van der Waals surface area contributed by atoms with E-state index in [-0.39, 0.29) is 5.91 Å². The van der Waals surface area contributed by atoms with Gasteiger partial charge >= 0.3 is 0 Å². The quantitative estimate of drug-likeness (QED) is 0.707. The van der Waals surface area contributed by atoms with Crippen molar-refractivity contribution in [2.75, 3.05) is 38.2 Å². The Kier molecular flexibility index (Phi) is 4.94. The molecule has 120 valence electrons. The van der Waals surface area contributed by atoms with E-state index >= 15 is 0 Å². The van der Waals surface area contributed by atoms with Crippen molar-refractivity contribution in [3.8, 4) is 5.88 Å². The smallest absolute Gasteiger partial charge is 0.255 e. The van der Waals surface area contributed by atoms with E-state index in [0.717, 1.165) is 28.0 Å². The number of amides is 1. The van der Waals surface area contributed by atoms with Crippen LogP contribution in [0.2, 0.25) is 0 Å². The number of benzene rings is 1. The zero-order valence-electron chi connectivity index (χ0n) is 12.8. The number of halogens is 1. The molecule has 0 radical (unpaired) electrons. The largest absolute Gasteiger partial charge is 0.480 e. The second kappa shape index (κ2) is 7.12. The summed E-state index contributed by atoms with van der Waals surface area (Å²) in [5, 5.41) is 8.15. The van der Waals surface area contributed by atoms with Crippen LogP contribution < -0.4 is 9.64 Å². The second-order valence-corrected chi connectivity index (χ2v) is 6.36. The summed E-state index contributed by atoms with van der Waals surface area (Å²) in [6.07, 6.45) is 0. The van der Waals surface area contributed by atoms with Gasteiger partial charge in [-0.05, 0) is 40.8 Å². The molecule has 1 saturated heterocycles. The molecule has 2 aromatic rings. The maximum atomic E-state index is 12.6. The van der Waals surface area contributed by atoms with E-state index in [2.05, 4.69) is 37.7 Å². The third-order valence-corrected chi connectivity index (χ3v) is 4.77. The number of hydrogen-bond acceptors (Lipinski definition) is 5. The number of methoxy groups -OCH3 is 1. The van der Waals surface area contributed by atoms with Crippen molar-refractivity contribution in [1.82, 2.24) is 15.1 Å². The van der Waals surface area contributed by atoms with Crippen LogP contribution in [0.4, 0.5) is 5.82 Å². The maximum absolute atomic E-state index is 12.6. The van der Waals surface area contributed by atoms with Crippen molar-refractivity contribution in [2.24, 2.45) is 0 Å². The highest BCUT2D eigenvalue weighted by Crippen LogP contribution is 2.18. The summed E-state index contributed by atoms with van der Waals surface area (Å²) >= 11 is 2.20. The van der Waals surface area contributed by atoms with E-state index in [0.29, 0.717) is 19.0 Å². The van der Waals surface area contributed by atoms with Crippen LogP contribution in [0, 0.1) is 3.57 Å². The molecule has 6 nitrogen and oxygen atoms in total. The summed E-state index contributed by atoms with van der Waals surface area (Å²) in [6.45, 7) is 2.85. The molecule has 0 N–H and O–H groups in total. The number of hydrogen-bond donors (Lipinski definition) is 0. The molecule has 1 amide bonds. The van der Waals surface area contributed by atoms with Crippen LogP contribution in [-0.2, 0) is 0 Å². The highest BCUT2D eigenvalue weighted by molar-refractivity contribution is 14.1. The Morgan fingerprint density at radius 1 is 1.09 bits per heavy atom. The van der Waals surface area contributed by atoms with Gasteiger partial charge in [-0.1, -0.05) is 12.1 Å². The Balaban J connectivity index is 1.64. The number of carbonyl (C=O) groups excluding carboxylic acids is 1. The Labute approximate surface area is 148 Å². The van der Waals surface area contributed by atoms with Gasteiger partial charge in [-0.3, -0.25) is 4.79 Å². The Morgan fingerprint density at radius 3 is 2.43 bits per heavy atom. The minimum atomic E-state index is 0.0930. The van der Waals surface area contributed by atoms with Crippen LogP contribution in [-0.4, -0.2) is 54.3 Å². The van der Waals surface area contributed by atoms with E-state index in [9.17, 15) is 4.79 Å². The highest BCUT2D eigenvalue weighted by atomic mass is 127. The fraction of sp³-hybridized carbons (Fsp3) is 0.312. The SMILES string of the molecule is COc1ccc(N2CCN(C(=O)c3ccccc3I)CC2)nn1. The van der Waals surface area contributed by atoms with Gasteiger partial charge in [-0.25, -0.2) is 0 Å². The van der Waals surface area contributed by atoms with Crippen molar-refractivity contribution in [1.29, 1.82) is 0 Å². The summed E-state index contributed by atoms with van der Waals surface area (Å²) in [4.78, 5) is 16.6. The van der Waals surface area contributed by atoms with Crippen LogP contribution in [0.15, 0.2) is 36.4 Å². The Hall–Kier alpha value is -1.90. The first-order valence-electron chi connectivity index (χ1n) is 7.35. The molecular weight excluding hydrogens is 407 g/mol. The molecule has 3 rings (SSSR count). The van der Waals surface area contributed by atoms with Gasteiger partial charge in [-0.2, -0.15) is 0 Å². The van der Waals surface area contributed by atoms with Crippen LogP contribution in [0.3, 0.4) is 0 Å². The molecule has 0 spiro atoms. The minimum absolute atomic E-state index is 0.0930. The zero-order chi connectivity index (χ0) is 16.2. The van der Waals surface area contributed by atoms with Crippen LogP contribution in [0.5, 0.6) is 5.88 Å². The molecule has 0 bridgehead atoms. The van der Waals surface area contributed by atoms with Gasteiger partial charge in [0.2, 0.25) is 5.88 Å². The number of carbonyl (C=O) groups is 1. The molecule has 1 aliphatic rings. The lowest BCUT2D eigenvalue weighted by molar-refractivity contribution is 0.0745. The first-order valence-corrected chi connectivity index (χ1v) is 8.43. The third-order valence-electron chi connectivity index (χ3n) is 3.83. The van der Waals surface area contributed by atoms with Gasteiger partial charge < -0.3 is 14.5 Å². The lowest BCUT2D eigenvalue weighted by atomic mass is 10.2. The maximum Gasteiger partial charge on any atom is 0.255 e. The minimum Gasteiger partial charge on any atom is -0.480 e. The molecule has 0 saturated carbocycles. The van der Waals surface area contributed by atoms with E-state index in [4.69, 9.17) is 4.74 Å². The predicted octanol–water partition coefficient (Wildman–Crippen LogP) is 2.05.